The Kier molecular flexibility index (Phi) is 4.10. The number of nitrogens with two attached hydrogens (primary N) is 1. The molecule has 0 radical (unpaired) electrons. The number of H-pyrrole nitrogens is 1. The molecule has 0 amide bonds. The van der Waals surface area contributed by atoms with Gasteiger partial charge in [0.25, 0.3) is 12.0 Å². The molecule has 3 aromatic heterocycles. The van der Waals surface area contributed by atoms with Crippen LogP contribution in [-0.2, 0) is 13.0 Å². The van der Waals surface area contributed by atoms with E-state index in [2.05, 4.69) is 15.1 Å². The molecule has 3 N–H and O–H groups in total. The number of fused-ring (bicyclic) bond motifs is 3. The number of aromatic nitrogens is 5. The van der Waals surface area contributed by atoms with Crippen molar-refractivity contribution in [3.05, 3.63) is 64.5 Å². The minimum Gasteiger partial charge on any atom is -0.497 e. The number of methoxy groups -OCH3 is 1. The Morgan fingerprint density at radius 3 is 2.77 bits per heavy atom. The van der Waals surface area contributed by atoms with Crippen molar-refractivity contribution in [3.63, 3.8) is 0 Å². The monoisotopic (exact) mass is 351 g/mol. The Morgan fingerprint density at radius 1 is 1.23 bits per heavy atom. The molecule has 4 aromatic rings. The summed E-state index contributed by atoms with van der Waals surface area (Å²) in [5.41, 5.74) is 8.64. The number of ether oxygens (including phenoxy) is 1. The molecule has 8 heteroatoms. The second kappa shape index (κ2) is 6.57. The summed E-state index contributed by atoms with van der Waals surface area (Å²) >= 11 is 0. The van der Waals surface area contributed by atoms with Crippen molar-refractivity contribution in [2.45, 2.75) is 13.0 Å². The maximum absolute atomic E-state index is 12.9. The third-order valence-corrected chi connectivity index (χ3v) is 4.37. The van der Waals surface area contributed by atoms with E-state index < -0.39 is 0 Å². The number of rotatable bonds is 5. The zero-order valence-corrected chi connectivity index (χ0v) is 14.3. The van der Waals surface area contributed by atoms with Gasteiger partial charge < -0.3 is 10.5 Å². The van der Waals surface area contributed by atoms with Gasteiger partial charge in [0.1, 0.15) is 5.75 Å². The normalized spacial score (nSPS) is 11.3. The quantitative estimate of drug-likeness (QED) is 0.561. The maximum Gasteiger partial charge on any atom is 0.425 e. The largest absolute Gasteiger partial charge is 0.497 e. The molecule has 0 spiro atoms. The molecular weight excluding hydrogens is 332 g/mol. The fraction of sp³-hybridized carbons (Fsp3) is 0.222. The number of aromatic amines is 1. The second-order valence-corrected chi connectivity index (χ2v) is 6.02. The van der Waals surface area contributed by atoms with Gasteiger partial charge in [0.15, 0.2) is 5.65 Å². The first-order valence-electron chi connectivity index (χ1n) is 8.31. The van der Waals surface area contributed by atoms with Gasteiger partial charge in [-0.2, -0.15) is 0 Å². The molecule has 0 bridgehead atoms. The van der Waals surface area contributed by atoms with E-state index in [1.807, 2.05) is 30.3 Å². The molecule has 0 aliphatic rings. The zero-order chi connectivity index (χ0) is 18.1. The first kappa shape index (κ1) is 16.2. The van der Waals surface area contributed by atoms with Crippen LogP contribution in [-0.4, -0.2) is 32.8 Å². The molecule has 8 nitrogen and oxygen atoms in total. The van der Waals surface area contributed by atoms with Crippen LogP contribution in [0, 0.1) is 0 Å². The minimum atomic E-state index is -0.247. The van der Waals surface area contributed by atoms with Crippen molar-refractivity contribution in [3.8, 4) is 5.75 Å². The summed E-state index contributed by atoms with van der Waals surface area (Å²) in [6, 6.07) is 9.61. The maximum atomic E-state index is 12.9. The highest BCUT2D eigenvalue weighted by Crippen LogP contribution is 2.17. The molecule has 0 atom stereocenters. The van der Waals surface area contributed by atoms with Crippen LogP contribution >= 0.6 is 0 Å². The van der Waals surface area contributed by atoms with Crippen molar-refractivity contribution in [1.29, 1.82) is 0 Å². The molecule has 26 heavy (non-hydrogen) atoms. The topological polar surface area (TPSA) is 102 Å². The number of hydrogen-bond acceptors (Lipinski definition) is 5. The summed E-state index contributed by atoms with van der Waals surface area (Å²) in [5, 5.41) is 4.96. The SMILES string of the molecule is COc1ccc(Cn2c(=O)n3nc[nH+]c3c3cc(CCN)cnc32)cc1. The second-order valence-electron chi connectivity index (χ2n) is 6.02. The number of pyridine rings is 1. The number of nitrogens with one attached hydrogen (secondary N) is 1. The van der Waals surface area contributed by atoms with Gasteiger partial charge in [-0.25, -0.2) is 14.8 Å². The molecule has 0 unspecified atom stereocenters. The highest BCUT2D eigenvalue weighted by atomic mass is 16.5. The Bertz CT molecular complexity index is 1130. The first-order chi connectivity index (χ1) is 12.7. The smallest absolute Gasteiger partial charge is 0.425 e. The highest BCUT2D eigenvalue weighted by molar-refractivity contribution is 5.87. The minimum absolute atomic E-state index is 0.247. The van der Waals surface area contributed by atoms with Gasteiger partial charge in [-0.15, -0.1) is 0 Å². The number of nitrogens with zero attached hydrogens (tertiary/aromatic N) is 4. The molecule has 3 heterocycles. The summed E-state index contributed by atoms with van der Waals surface area (Å²) in [4.78, 5) is 20.5. The number of hydrogen-bond donors (Lipinski definition) is 1. The lowest BCUT2D eigenvalue weighted by molar-refractivity contribution is -0.345. The van der Waals surface area contributed by atoms with Crippen molar-refractivity contribution in [1.82, 2.24) is 19.2 Å². The lowest BCUT2D eigenvalue weighted by Gasteiger charge is -2.09. The average molecular weight is 351 g/mol. The van der Waals surface area contributed by atoms with Crippen LogP contribution in [0.1, 0.15) is 11.1 Å². The Balaban J connectivity index is 1.91. The van der Waals surface area contributed by atoms with E-state index in [9.17, 15) is 4.79 Å². The van der Waals surface area contributed by atoms with Gasteiger partial charge in [-0.1, -0.05) is 12.1 Å². The molecule has 0 saturated carbocycles. The van der Waals surface area contributed by atoms with E-state index in [1.165, 1.54) is 10.8 Å². The average Bonchev–Trinajstić information content (AvgIpc) is 3.16. The Morgan fingerprint density at radius 2 is 2.04 bits per heavy atom. The van der Waals surface area contributed by atoms with Crippen LogP contribution in [0.2, 0.25) is 0 Å². The third-order valence-electron chi connectivity index (χ3n) is 4.37. The van der Waals surface area contributed by atoms with Crippen LogP contribution in [0.5, 0.6) is 5.75 Å². The molecule has 4 rings (SSSR count). The van der Waals surface area contributed by atoms with Gasteiger partial charge in [0.2, 0.25) is 0 Å². The lowest BCUT2D eigenvalue weighted by atomic mass is 10.1. The van der Waals surface area contributed by atoms with E-state index >= 15 is 0 Å². The van der Waals surface area contributed by atoms with Crippen LogP contribution < -0.4 is 21.1 Å². The van der Waals surface area contributed by atoms with Crippen LogP contribution in [0.25, 0.3) is 16.7 Å². The van der Waals surface area contributed by atoms with Crippen LogP contribution in [0.15, 0.2) is 47.7 Å². The highest BCUT2D eigenvalue weighted by Gasteiger charge is 2.19. The summed E-state index contributed by atoms with van der Waals surface area (Å²) in [5.74, 6) is 0.771. The molecular formula is C18H19N6O2+. The molecule has 0 aliphatic heterocycles. The zero-order valence-electron chi connectivity index (χ0n) is 14.3. The Labute approximate surface area is 148 Å². The standard InChI is InChI=1S/C18H18N6O2/c1-26-14-4-2-12(3-5-14)10-23-16-15(8-13(6-7-19)9-20-16)17-21-11-22-24(17)18(23)25/h2-5,8-9,11H,6-7,10,19H2,1H3/p+1. The van der Waals surface area contributed by atoms with Crippen molar-refractivity contribution in [2.75, 3.05) is 13.7 Å². The van der Waals surface area contributed by atoms with Crippen molar-refractivity contribution in [2.24, 2.45) is 5.73 Å². The van der Waals surface area contributed by atoms with E-state index in [-0.39, 0.29) is 5.69 Å². The van der Waals surface area contributed by atoms with E-state index in [4.69, 9.17) is 10.5 Å². The van der Waals surface area contributed by atoms with E-state index in [0.717, 1.165) is 28.7 Å². The predicted octanol–water partition coefficient (Wildman–Crippen LogP) is 0.416. The molecule has 0 fully saturated rings. The Hall–Kier alpha value is -3.26. The van der Waals surface area contributed by atoms with Gasteiger partial charge in [0.05, 0.1) is 19.0 Å². The molecule has 0 aliphatic carbocycles. The van der Waals surface area contributed by atoms with Gasteiger partial charge in [-0.3, -0.25) is 4.57 Å². The molecule has 132 valence electrons. The van der Waals surface area contributed by atoms with Crippen LogP contribution in [0.3, 0.4) is 0 Å². The van der Waals surface area contributed by atoms with Crippen molar-refractivity contribution >= 4 is 16.7 Å². The summed E-state index contributed by atoms with van der Waals surface area (Å²) in [7, 11) is 1.62. The molecule has 0 saturated heterocycles. The summed E-state index contributed by atoms with van der Waals surface area (Å²) in [6.07, 6.45) is 4.00. The van der Waals surface area contributed by atoms with E-state index in [0.29, 0.717) is 24.4 Å². The number of benzene rings is 1. The molecule has 1 aromatic carbocycles. The summed E-state index contributed by atoms with van der Waals surface area (Å²) < 4.78 is 8.17. The first-order valence-corrected chi connectivity index (χ1v) is 8.31. The van der Waals surface area contributed by atoms with E-state index in [1.54, 1.807) is 17.9 Å². The summed E-state index contributed by atoms with van der Waals surface area (Å²) in [6.45, 7) is 0.927. The van der Waals surface area contributed by atoms with Crippen LogP contribution in [0.4, 0.5) is 0 Å². The van der Waals surface area contributed by atoms with Gasteiger partial charge >= 0.3 is 5.69 Å². The third kappa shape index (κ3) is 2.70. The van der Waals surface area contributed by atoms with Gasteiger partial charge in [-0.05, 0) is 46.8 Å². The van der Waals surface area contributed by atoms with Gasteiger partial charge in [0, 0.05) is 11.3 Å². The fourth-order valence-electron chi connectivity index (χ4n) is 3.06. The predicted molar refractivity (Wildman–Crippen MR) is 96.2 cm³/mol. The van der Waals surface area contributed by atoms with Crippen molar-refractivity contribution < 1.29 is 9.72 Å². The fourth-order valence-corrected chi connectivity index (χ4v) is 3.06. The lowest BCUT2D eigenvalue weighted by Crippen LogP contribution is -2.29.